The molecule has 1 aromatic rings. The van der Waals surface area contributed by atoms with Crippen LogP contribution in [0.3, 0.4) is 0 Å². The lowest BCUT2D eigenvalue weighted by molar-refractivity contribution is 0.112. The monoisotopic (exact) mass is 161 g/mol. The van der Waals surface area contributed by atoms with E-state index in [2.05, 4.69) is 4.74 Å². The zero-order valence-electron chi connectivity index (χ0n) is 8.57. The first-order valence-corrected chi connectivity index (χ1v) is 2.90. The molecule has 0 spiro atoms. The number of aldehydes is 1. The molecular formula is C8H8O3. The molecule has 1 aromatic carbocycles. The van der Waals surface area contributed by atoms with Crippen molar-refractivity contribution in [2.75, 3.05) is 7.04 Å². The van der Waals surface area contributed by atoms with Crippen LogP contribution in [0, 0.1) is 0 Å². The van der Waals surface area contributed by atoms with E-state index in [4.69, 9.17) is 4.11 Å². The average molecular weight is 161 g/mol. The number of hydrogen-bond donors (Lipinski definition) is 1. The van der Waals surface area contributed by atoms with Gasteiger partial charge in [-0.1, -0.05) is 6.07 Å². The standard InChI is InChI=1S/C8H8O3/c1-11-7-4-2-3-6(5-9)8(7)10/h2-5,10H,1H3/i1D3,2+1,3+1,4+1,6+1,7+1,8+1. The Balaban J connectivity index is 3.04. The SMILES string of the molecule is [2H]C([2H])([2H])O[13c]1[13cH][13cH][13cH][13c](C=O)[13c]1O. The van der Waals surface area contributed by atoms with Crippen molar-refractivity contribution < 1.29 is 18.8 Å². The molecule has 0 heterocycles. The van der Waals surface area contributed by atoms with E-state index in [1.807, 2.05) is 0 Å². The smallest absolute Gasteiger partial charge is 0.168 e. The Morgan fingerprint density at radius 1 is 1.73 bits per heavy atom. The maximum Gasteiger partial charge on any atom is 0.168 e. The molecule has 0 amide bonds. The van der Waals surface area contributed by atoms with E-state index in [0.29, 0.717) is 6.29 Å². The summed E-state index contributed by atoms with van der Waals surface area (Å²) < 4.78 is 24.9. The highest BCUT2D eigenvalue weighted by Gasteiger charge is 2.04. The van der Waals surface area contributed by atoms with Gasteiger partial charge in [-0.05, 0) is 12.1 Å². The highest BCUT2D eigenvalue weighted by molar-refractivity contribution is 5.80. The summed E-state index contributed by atoms with van der Waals surface area (Å²) in [5.74, 6) is -0.687. The first kappa shape index (κ1) is 4.38. The molecule has 3 nitrogen and oxygen atoms in total. The molecule has 3 heteroatoms. The number of benzene rings is 1. The van der Waals surface area contributed by atoms with Gasteiger partial charge in [0, 0.05) is 0 Å². The van der Waals surface area contributed by atoms with Gasteiger partial charge in [0.05, 0.1) is 16.7 Å². The molecule has 0 bridgehead atoms. The number of methoxy groups -OCH3 is 1. The number of carbonyl (C=O) groups is 1. The lowest BCUT2D eigenvalue weighted by Crippen LogP contribution is -1.86. The van der Waals surface area contributed by atoms with Crippen LogP contribution in [-0.4, -0.2) is 18.4 Å². The molecule has 0 aliphatic rings. The van der Waals surface area contributed by atoms with Crippen LogP contribution in [0.1, 0.15) is 14.5 Å². The molecule has 0 radical (unpaired) electrons. The van der Waals surface area contributed by atoms with Crippen LogP contribution in [-0.2, 0) is 0 Å². The van der Waals surface area contributed by atoms with Gasteiger partial charge in [0.25, 0.3) is 0 Å². The molecule has 0 aliphatic carbocycles. The van der Waals surface area contributed by atoms with Gasteiger partial charge in [0.1, 0.15) is 0 Å². The van der Waals surface area contributed by atoms with Crippen LogP contribution in [0.15, 0.2) is 18.2 Å². The van der Waals surface area contributed by atoms with Crippen LogP contribution in [0.2, 0.25) is 0 Å². The third kappa shape index (κ3) is 1.32. The predicted octanol–water partition coefficient (Wildman–Crippen LogP) is 1.21. The van der Waals surface area contributed by atoms with Crippen molar-refractivity contribution in [3.8, 4) is 11.5 Å². The van der Waals surface area contributed by atoms with Crippen LogP contribution in [0.4, 0.5) is 0 Å². The van der Waals surface area contributed by atoms with Gasteiger partial charge in [0.2, 0.25) is 0 Å². The largest absolute Gasteiger partial charge is 0.504 e. The second-order valence-corrected chi connectivity index (χ2v) is 1.91. The molecule has 1 rings (SSSR count). The molecule has 0 saturated carbocycles. The molecule has 0 atom stereocenters. The zero-order valence-corrected chi connectivity index (χ0v) is 5.57. The molecule has 0 aliphatic heterocycles. The molecular weight excluding hydrogens is 150 g/mol. The van der Waals surface area contributed by atoms with E-state index >= 15 is 0 Å². The minimum atomic E-state index is -2.64. The van der Waals surface area contributed by atoms with Gasteiger partial charge >= 0.3 is 0 Å². The summed E-state index contributed by atoms with van der Waals surface area (Å²) in [6.07, 6.45) is 0.418. The van der Waals surface area contributed by atoms with Crippen molar-refractivity contribution in [1.29, 1.82) is 0 Å². The van der Waals surface area contributed by atoms with E-state index in [0.717, 1.165) is 0 Å². The van der Waals surface area contributed by atoms with Gasteiger partial charge in [-0.2, -0.15) is 0 Å². The number of ether oxygens (including phenoxy) is 1. The number of para-hydroxylation sites is 1. The van der Waals surface area contributed by atoms with E-state index in [1.54, 1.807) is 0 Å². The highest BCUT2D eigenvalue weighted by Crippen LogP contribution is 2.27. The lowest BCUT2D eigenvalue weighted by Gasteiger charge is -2.02. The van der Waals surface area contributed by atoms with Gasteiger partial charge in [-0.25, -0.2) is 0 Å². The van der Waals surface area contributed by atoms with Crippen molar-refractivity contribution in [3.05, 3.63) is 23.8 Å². The summed E-state index contributed by atoms with van der Waals surface area (Å²) >= 11 is 0. The minimum Gasteiger partial charge on any atom is -0.504 e. The second-order valence-electron chi connectivity index (χ2n) is 1.91. The number of phenols is 1. The van der Waals surface area contributed by atoms with Crippen molar-refractivity contribution in [3.63, 3.8) is 0 Å². The molecule has 0 saturated heterocycles. The number of aromatic hydroxyl groups is 1. The van der Waals surface area contributed by atoms with Crippen LogP contribution < -0.4 is 4.74 Å². The minimum absolute atomic E-state index is 0.00764. The molecule has 11 heavy (non-hydrogen) atoms. The van der Waals surface area contributed by atoms with Crippen LogP contribution >= 0.6 is 0 Å². The quantitative estimate of drug-likeness (QED) is 0.663. The first-order valence-electron chi connectivity index (χ1n) is 4.40. The van der Waals surface area contributed by atoms with Gasteiger partial charge in [0.15, 0.2) is 17.8 Å². The Hall–Kier alpha value is -1.51. The highest BCUT2D eigenvalue weighted by atomic mass is 16.6. The third-order valence-electron chi connectivity index (χ3n) is 1.27. The third-order valence-corrected chi connectivity index (χ3v) is 1.27. The molecule has 1 N–H and O–H groups in total. The van der Waals surface area contributed by atoms with Gasteiger partial charge in [-0.3, -0.25) is 4.79 Å². The normalized spacial score (nSPS) is 14.4. The van der Waals surface area contributed by atoms with Gasteiger partial charge < -0.3 is 9.84 Å². The summed E-state index contributed by atoms with van der Waals surface area (Å²) in [7, 11) is -2.64. The van der Waals surface area contributed by atoms with Crippen LogP contribution in [0.5, 0.6) is 11.5 Å². The Bertz CT molecular complexity index is 346. The Kier molecular flexibility index (Phi) is 1.22. The average Bonchev–Trinajstić information content (AvgIpc) is 2.06. The number of hydrogen-bond acceptors (Lipinski definition) is 3. The zero-order chi connectivity index (χ0) is 10.8. The predicted molar refractivity (Wildman–Crippen MR) is 40.0 cm³/mol. The summed E-state index contributed by atoms with van der Waals surface area (Å²) in [5.41, 5.74) is -0.00764. The fourth-order valence-corrected chi connectivity index (χ4v) is 0.717. The first-order chi connectivity index (χ1) is 6.44. The maximum atomic E-state index is 10.4. The van der Waals surface area contributed by atoms with Crippen molar-refractivity contribution >= 4 is 6.29 Å². The summed E-state index contributed by atoms with van der Waals surface area (Å²) in [6.45, 7) is 0. The van der Waals surface area contributed by atoms with Crippen molar-refractivity contribution in [2.24, 2.45) is 0 Å². The van der Waals surface area contributed by atoms with Crippen molar-refractivity contribution in [2.45, 2.75) is 0 Å². The Labute approximate surface area is 68.4 Å². The van der Waals surface area contributed by atoms with E-state index in [1.165, 1.54) is 18.2 Å². The fourth-order valence-electron chi connectivity index (χ4n) is 0.717. The molecule has 58 valence electrons. The fraction of sp³-hybridized carbons (Fsp3) is 0.125. The molecule has 0 aromatic heterocycles. The van der Waals surface area contributed by atoms with Crippen LogP contribution in [0.25, 0.3) is 0 Å². The topological polar surface area (TPSA) is 46.5 Å². The Morgan fingerprint density at radius 3 is 3.18 bits per heavy atom. The van der Waals surface area contributed by atoms with Gasteiger partial charge in [-0.15, -0.1) is 0 Å². The second kappa shape index (κ2) is 3.05. The summed E-state index contributed by atoms with van der Waals surface area (Å²) in [5, 5.41) is 9.35. The van der Waals surface area contributed by atoms with Crippen molar-refractivity contribution in [1.82, 2.24) is 0 Å². The van der Waals surface area contributed by atoms with E-state index < -0.39 is 12.8 Å². The van der Waals surface area contributed by atoms with E-state index in [9.17, 15) is 9.90 Å². The van der Waals surface area contributed by atoms with E-state index in [-0.39, 0.29) is 11.3 Å². The molecule has 0 fully saturated rings. The number of phenolic OH excluding ortho intramolecular Hbond substituents is 1. The maximum absolute atomic E-state index is 10.4. The number of carbonyl (C=O) groups excluding carboxylic acids is 1. The number of rotatable bonds is 2. The summed E-state index contributed by atoms with van der Waals surface area (Å²) in [6, 6.07) is 4.05. The molecule has 0 unspecified atom stereocenters. The lowest BCUT2D eigenvalue weighted by atomic mass is 11.0. The Morgan fingerprint density at radius 2 is 2.55 bits per heavy atom. The summed E-state index contributed by atoms with van der Waals surface area (Å²) in [4.78, 5) is 10.4.